The van der Waals surface area contributed by atoms with E-state index in [1.54, 1.807) is 177 Å². The summed E-state index contributed by atoms with van der Waals surface area (Å²) in [7, 11) is 0. The molecule has 4 atom stereocenters. The lowest BCUT2D eigenvalue weighted by Gasteiger charge is -2.29. The maximum absolute atomic E-state index is 14.7. The molecule has 0 unspecified atom stereocenters. The molecule has 0 aromatic heterocycles. The van der Waals surface area contributed by atoms with Crippen molar-refractivity contribution in [2.24, 2.45) is 0 Å². The predicted molar refractivity (Wildman–Crippen MR) is 369 cm³/mol. The fraction of sp³-hybridized carbons (Fsp3) is 0.300. The number of hydrogen-bond donors (Lipinski definition) is 0. The summed E-state index contributed by atoms with van der Waals surface area (Å²) < 4.78 is 73.2. The highest BCUT2D eigenvalue weighted by atomic mass is 16.6. The minimum Gasteiger partial charge on any atom is -0.481 e. The van der Waals surface area contributed by atoms with Crippen LogP contribution in [0.15, 0.2) is 146 Å². The van der Waals surface area contributed by atoms with Crippen LogP contribution in [0.4, 0.5) is 0 Å². The van der Waals surface area contributed by atoms with Crippen LogP contribution in [0, 0.1) is 27.7 Å². The van der Waals surface area contributed by atoms with Crippen molar-refractivity contribution in [1.29, 1.82) is 0 Å². The molecule has 8 bridgehead atoms. The Labute approximate surface area is 580 Å². The summed E-state index contributed by atoms with van der Waals surface area (Å²) >= 11 is 0. The Morgan fingerprint density at radius 3 is 0.610 bits per heavy atom. The molecule has 0 spiro atoms. The summed E-state index contributed by atoms with van der Waals surface area (Å²) in [5.41, 5.74) is 6.67. The second-order valence-corrected chi connectivity index (χ2v) is 24.0. The Kier molecular flexibility index (Phi) is 24.3. The normalized spacial score (nSPS) is 14.4. The van der Waals surface area contributed by atoms with E-state index in [0.717, 1.165) is 22.3 Å². The monoisotopic (exact) mass is 1360 g/mol. The van der Waals surface area contributed by atoms with Gasteiger partial charge in [-0.05, 0) is 128 Å². The van der Waals surface area contributed by atoms with E-state index < -0.39 is 97.9 Å². The molecule has 520 valence electrons. The minimum absolute atomic E-state index is 0.0229. The Balaban J connectivity index is 1.44. The number of benzene rings is 8. The molecule has 20 heteroatoms. The average Bonchev–Trinajstić information content (AvgIpc) is 0.753. The van der Waals surface area contributed by atoms with Crippen LogP contribution in [-0.4, -0.2) is 101 Å². The molecule has 0 saturated carbocycles. The molecule has 0 fully saturated rings. The third-order valence-corrected chi connectivity index (χ3v) is 16.9. The molecule has 9 rings (SSSR count). The van der Waals surface area contributed by atoms with Gasteiger partial charge in [-0.3, -0.25) is 0 Å². The fourth-order valence-electron chi connectivity index (χ4n) is 11.4. The fourth-order valence-corrected chi connectivity index (χ4v) is 11.4. The van der Waals surface area contributed by atoms with Crippen molar-refractivity contribution in [3.05, 3.63) is 235 Å². The molecular formula is C80H80O20. The zero-order valence-electron chi connectivity index (χ0n) is 58.0. The summed E-state index contributed by atoms with van der Waals surface area (Å²) in [5, 5.41) is 0. The highest BCUT2D eigenvalue weighted by molar-refractivity contribution is 5.94. The van der Waals surface area contributed by atoms with Gasteiger partial charge in [0.05, 0.1) is 48.7 Å². The quantitative estimate of drug-likeness (QED) is 0.0310. The number of esters is 8. The Morgan fingerprint density at radius 1 is 0.260 bits per heavy atom. The molecule has 0 N–H and O–H groups in total. The van der Waals surface area contributed by atoms with E-state index >= 15 is 0 Å². The number of fused-ring (bicyclic) bond motifs is 8. The van der Waals surface area contributed by atoms with Gasteiger partial charge in [0, 0.05) is 92.4 Å². The first kappa shape index (κ1) is 73.0. The van der Waals surface area contributed by atoms with Crippen molar-refractivity contribution in [2.45, 2.75) is 107 Å². The Morgan fingerprint density at radius 2 is 0.430 bits per heavy atom. The molecule has 0 radical (unpaired) electrons. The van der Waals surface area contributed by atoms with E-state index in [0.29, 0.717) is 22.3 Å². The van der Waals surface area contributed by atoms with Gasteiger partial charge in [0.15, 0.2) is 26.4 Å². The third kappa shape index (κ3) is 17.9. The van der Waals surface area contributed by atoms with Crippen LogP contribution < -0.4 is 37.9 Å². The van der Waals surface area contributed by atoms with Crippen molar-refractivity contribution >= 4 is 47.8 Å². The molecule has 8 aromatic carbocycles. The van der Waals surface area contributed by atoms with Gasteiger partial charge >= 0.3 is 47.8 Å². The topological polar surface area (TPSA) is 247 Å². The first-order valence-electron chi connectivity index (χ1n) is 33.0. The number of rotatable bonds is 24. The molecular weight excluding hydrogens is 1280 g/mol. The van der Waals surface area contributed by atoms with E-state index in [1.807, 2.05) is 27.7 Å². The van der Waals surface area contributed by atoms with Crippen molar-refractivity contribution in [2.75, 3.05) is 52.9 Å². The lowest BCUT2D eigenvalue weighted by Crippen LogP contribution is -2.20. The van der Waals surface area contributed by atoms with Gasteiger partial charge in [-0.25, -0.2) is 38.4 Å². The predicted octanol–water partition coefficient (Wildman–Crippen LogP) is 14.5. The molecule has 100 heavy (non-hydrogen) atoms. The van der Waals surface area contributed by atoms with Crippen molar-refractivity contribution in [3.8, 4) is 46.0 Å². The van der Waals surface area contributed by atoms with Gasteiger partial charge in [0.2, 0.25) is 0 Å². The zero-order valence-corrected chi connectivity index (χ0v) is 58.0. The number of carbonyl (C=O) groups is 8. The summed E-state index contributed by atoms with van der Waals surface area (Å²) in [6.45, 7) is 18.8. The van der Waals surface area contributed by atoms with Gasteiger partial charge in [-0.1, -0.05) is 98.5 Å². The molecule has 0 saturated heterocycles. The van der Waals surface area contributed by atoms with Gasteiger partial charge in [0.25, 0.3) is 0 Å². The smallest absolute Gasteiger partial charge is 0.344 e. The van der Waals surface area contributed by atoms with Crippen LogP contribution in [0.3, 0.4) is 0 Å². The van der Waals surface area contributed by atoms with Gasteiger partial charge < -0.3 is 56.8 Å². The van der Waals surface area contributed by atoms with Crippen LogP contribution in [0.2, 0.25) is 0 Å². The molecule has 1 aliphatic rings. The number of hydrogen-bond acceptors (Lipinski definition) is 20. The van der Waals surface area contributed by atoms with Crippen LogP contribution >= 0.6 is 0 Å². The molecule has 20 nitrogen and oxygen atoms in total. The van der Waals surface area contributed by atoms with E-state index in [1.165, 1.54) is 24.3 Å². The van der Waals surface area contributed by atoms with Gasteiger partial charge in [-0.15, -0.1) is 0 Å². The Bertz CT molecular complexity index is 3800. The van der Waals surface area contributed by atoms with Crippen LogP contribution in [-0.2, 0) is 38.1 Å². The van der Waals surface area contributed by atoms with Crippen LogP contribution in [0.5, 0.6) is 46.0 Å². The maximum atomic E-state index is 14.7. The van der Waals surface area contributed by atoms with E-state index in [9.17, 15) is 38.4 Å². The molecule has 8 aromatic rings. The standard InChI is InChI=1S/C80H80O20/c1-13-89-73(81)41-93-65-37-66(94-42-74(82)90-14-2)58-33-57(65)49(9)61-35-62(70(98-78(86)54-27-19-46(6)20-28-54)39-69(61)97-77(85)53-25-17-45(5)18-26-53)51(11)59-34-60(68(96-44-76(84)92-16-4)38-67(59)95-43-75(83)91-15-3)52(12)64-36-63(50(58)10)71(99-79(87)55-29-21-47(7)22-30-55)40-72(64)100-80(88)56-31-23-48(8)24-32-56/h17-40,49-52H,13-16,41-44H2,1-12H3/t49-,50-,51+,52+. The number of aryl methyl sites for hydroxylation is 4. The zero-order chi connectivity index (χ0) is 71.9. The van der Waals surface area contributed by atoms with Crippen molar-refractivity contribution in [1.82, 2.24) is 0 Å². The van der Waals surface area contributed by atoms with Crippen LogP contribution in [0.1, 0.15) is 187 Å². The summed E-state index contributed by atoms with van der Waals surface area (Å²) in [5.74, 6) is -10.2. The summed E-state index contributed by atoms with van der Waals surface area (Å²) in [6.07, 6.45) is 0. The largest absolute Gasteiger partial charge is 0.481 e. The highest BCUT2D eigenvalue weighted by Crippen LogP contribution is 2.51. The van der Waals surface area contributed by atoms with E-state index in [-0.39, 0.29) is 117 Å². The second kappa shape index (κ2) is 33.3. The number of ether oxygens (including phenoxy) is 12. The molecule has 0 amide bonds. The lowest BCUT2D eigenvalue weighted by molar-refractivity contribution is -0.146. The lowest BCUT2D eigenvalue weighted by atomic mass is 9.80. The first-order valence-corrected chi connectivity index (χ1v) is 33.0. The van der Waals surface area contributed by atoms with Crippen molar-refractivity contribution < 1.29 is 95.2 Å². The molecule has 0 heterocycles. The summed E-state index contributed by atoms with van der Waals surface area (Å²) in [4.78, 5) is 112. The first-order chi connectivity index (χ1) is 48.0. The number of carbonyl (C=O) groups excluding carboxylic acids is 8. The maximum Gasteiger partial charge on any atom is 0.344 e. The van der Waals surface area contributed by atoms with E-state index in [4.69, 9.17) is 56.8 Å². The average molecular weight is 1360 g/mol. The van der Waals surface area contributed by atoms with Crippen molar-refractivity contribution in [3.63, 3.8) is 0 Å². The molecule has 1 aliphatic carbocycles. The third-order valence-electron chi connectivity index (χ3n) is 16.9. The van der Waals surface area contributed by atoms with Gasteiger partial charge in [-0.2, -0.15) is 0 Å². The highest BCUT2D eigenvalue weighted by Gasteiger charge is 2.35. The van der Waals surface area contributed by atoms with E-state index in [2.05, 4.69) is 0 Å². The SMILES string of the molecule is CCOC(=O)COc1cc(OCC(=O)OCC)c2cc1[C@@H](C)c1cc(c(OC(=O)c3ccc(C)cc3)cc1OC(=O)c1ccc(C)cc1)[C@@H](C)c1cc(c(OCC(=O)OCC)cc1OCC(=O)OCC)[C@H](C)c1cc(c(OC(=O)c3ccc(C)cc3)cc1OC(=O)c1ccc(C)cc1)[C@@H]2C. The second-order valence-electron chi connectivity index (χ2n) is 24.0. The minimum atomic E-state index is -0.976. The molecule has 0 aliphatic heterocycles. The Hall–Kier alpha value is -11.3. The van der Waals surface area contributed by atoms with Gasteiger partial charge in [0.1, 0.15) is 46.0 Å². The van der Waals surface area contributed by atoms with Crippen LogP contribution in [0.25, 0.3) is 0 Å². The summed E-state index contributed by atoms with van der Waals surface area (Å²) in [6, 6.07) is 39.7.